The maximum absolute atomic E-state index is 16.3. The normalized spacial score (nSPS) is 28.1. The molecule has 0 unspecified atom stereocenters. The minimum atomic E-state index is -2.55. The van der Waals surface area contributed by atoms with Crippen molar-refractivity contribution in [2.45, 2.75) is 108 Å². The van der Waals surface area contributed by atoms with Crippen molar-refractivity contribution in [1.29, 1.82) is 0 Å². The van der Waals surface area contributed by atoms with E-state index in [1.807, 2.05) is 0 Å². The van der Waals surface area contributed by atoms with Gasteiger partial charge >= 0.3 is 35.9 Å². The highest BCUT2D eigenvalue weighted by Gasteiger charge is 2.79. The van der Waals surface area contributed by atoms with Gasteiger partial charge < -0.3 is 49.1 Å². The van der Waals surface area contributed by atoms with Crippen LogP contribution < -0.4 is 10.2 Å². The summed E-state index contributed by atoms with van der Waals surface area (Å²) in [5, 5.41) is 38.8. The predicted octanol–water partition coefficient (Wildman–Crippen LogP) is 5.71. The number of carbonyl (C=O) groups is 8. The average molecular weight is 1030 g/mol. The van der Waals surface area contributed by atoms with Crippen LogP contribution in [0.4, 0.5) is 10.5 Å². The number of anilines is 1. The Labute approximate surface area is 431 Å². The molecule has 11 atom stereocenters. The Hall–Kier alpha value is -7.74. The van der Waals surface area contributed by atoms with Gasteiger partial charge in [0.1, 0.15) is 30.0 Å². The van der Waals surface area contributed by atoms with Gasteiger partial charge in [0.25, 0.3) is 5.91 Å². The zero-order valence-corrected chi connectivity index (χ0v) is 42.2. The molecule has 3 fully saturated rings. The summed E-state index contributed by atoms with van der Waals surface area (Å²) in [6.07, 6.45) is -12.7. The number of hydrogen-bond acceptors (Lipinski definition) is 16. The van der Waals surface area contributed by atoms with Gasteiger partial charge in [-0.15, -0.1) is 0 Å². The van der Waals surface area contributed by atoms with Gasteiger partial charge in [0.05, 0.1) is 40.8 Å². The molecule has 19 heteroatoms. The lowest BCUT2D eigenvalue weighted by Crippen LogP contribution is -2.82. The summed E-state index contributed by atoms with van der Waals surface area (Å²) >= 11 is 0. The number of carboxylic acid groups (broad SMARTS) is 1. The summed E-state index contributed by atoms with van der Waals surface area (Å²) in [7, 11) is 1.25. The van der Waals surface area contributed by atoms with Gasteiger partial charge in [0, 0.05) is 44.7 Å². The molecule has 0 radical (unpaired) electrons. The molecular formula is C56H58N2O17. The number of aromatic carboxylic acids is 1. The van der Waals surface area contributed by atoms with E-state index in [9.17, 15) is 48.9 Å². The van der Waals surface area contributed by atoms with Crippen LogP contribution in [0.5, 0.6) is 0 Å². The number of Topliss-reactive ketones (excluding diaryl/α,β-unsaturated/α-hetero) is 1. The number of esters is 4. The Morgan fingerprint density at radius 1 is 0.773 bits per heavy atom. The molecule has 8 rings (SSSR count). The van der Waals surface area contributed by atoms with Gasteiger partial charge in [-0.2, -0.15) is 0 Å². The molecule has 4 aliphatic rings. The van der Waals surface area contributed by atoms with E-state index in [2.05, 4.69) is 5.32 Å². The molecular weight excluding hydrogens is 973 g/mol. The second kappa shape index (κ2) is 20.5. The Morgan fingerprint density at radius 2 is 1.36 bits per heavy atom. The van der Waals surface area contributed by atoms with Crippen molar-refractivity contribution in [3.8, 4) is 0 Å². The fourth-order valence-electron chi connectivity index (χ4n) is 11.6. The number of fused-ring (bicyclic) bond motifs is 5. The van der Waals surface area contributed by atoms with Crippen LogP contribution in [0.15, 0.2) is 126 Å². The molecule has 4 aromatic carbocycles. The third-order valence-electron chi connectivity index (χ3n) is 15.5. The van der Waals surface area contributed by atoms with Crippen molar-refractivity contribution in [1.82, 2.24) is 5.32 Å². The number of carbonyl (C=O) groups excluding carboxylic acids is 7. The molecule has 394 valence electrons. The molecule has 1 heterocycles. The second-order valence-electron chi connectivity index (χ2n) is 20.1. The summed E-state index contributed by atoms with van der Waals surface area (Å²) in [5.74, 6) is -8.89. The lowest BCUT2D eigenvalue weighted by atomic mass is 9.44. The van der Waals surface area contributed by atoms with Gasteiger partial charge in [-0.3, -0.25) is 24.1 Å². The monoisotopic (exact) mass is 1030 g/mol. The summed E-state index contributed by atoms with van der Waals surface area (Å²) in [6.45, 7) is 7.58. The van der Waals surface area contributed by atoms with E-state index < -0.39 is 131 Å². The van der Waals surface area contributed by atoms with E-state index in [4.69, 9.17) is 28.4 Å². The van der Waals surface area contributed by atoms with E-state index >= 15 is 4.79 Å². The van der Waals surface area contributed by atoms with E-state index in [0.29, 0.717) is 5.56 Å². The number of hydrogen-bond donors (Lipinski definition) is 4. The number of rotatable bonds is 13. The fourth-order valence-corrected chi connectivity index (χ4v) is 11.6. The number of ether oxygens (including phenoxy) is 6. The van der Waals surface area contributed by atoms with Crippen LogP contribution in [0.1, 0.15) is 97.1 Å². The molecule has 2 bridgehead atoms. The molecule has 0 aromatic heterocycles. The number of para-hydroxylation sites is 1. The maximum atomic E-state index is 16.3. The Balaban J connectivity index is 1.31. The first-order valence-corrected chi connectivity index (χ1v) is 24.3. The van der Waals surface area contributed by atoms with E-state index in [1.54, 1.807) is 78.9 Å². The molecule has 0 spiro atoms. The summed E-state index contributed by atoms with van der Waals surface area (Å²) in [4.78, 5) is 114. The number of benzene rings is 4. The molecule has 75 heavy (non-hydrogen) atoms. The highest BCUT2D eigenvalue weighted by molar-refractivity contribution is 6.00. The summed E-state index contributed by atoms with van der Waals surface area (Å²) in [5.41, 5.74) is -8.43. The zero-order valence-electron chi connectivity index (χ0n) is 42.2. The minimum absolute atomic E-state index is 0.00871. The number of ketones is 1. The third-order valence-corrected chi connectivity index (χ3v) is 15.5. The van der Waals surface area contributed by atoms with Crippen LogP contribution >= 0.6 is 0 Å². The summed E-state index contributed by atoms with van der Waals surface area (Å²) < 4.78 is 37.3. The van der Waals surface area contributed by atoms with Crippen LogP contribution in [0.25, 0.3) is 0 Å². The molecule has 2 amide bonds. The van der Waals surface area contributed by atoms with Crippen molar-refractivity contribution in [3.63, 3.8) is 0 Å². The quantitative estimate of drug-likeness (QED) is 0.0709. The molecule has 1 saturated heterocycles. The van der Waals surface area contributed by atoms with Crippen LogP contribution in [0, 0.1) is 16.7 Å². The van der Waals surface area contributed by atoms with Gasteiger partial charge in [-0.25, -0.2) is 19.2 Å². The maximum Gasteiger partial charge on any atom is 0.414 e. The predicted molar refractivity (Wildman–Crippen MR) is 264 cm³/mol. The van der Waals surface area contributed by atoms with E-state index in [0.717, 1.165) is 18.7 Å². The number of aliphatic hydroxyl groups excluding tert-OH is 1. The van der Waals surface area contributed by atoms with Crippen molar-refractivity contribution in [2.75, 3.05) is 18.6 Å². The lowest BCUT2D eigenvalue weighted by molar-refractivity contribution is -0.345. The highest BCUT2D eigenvalue weighted by atomic mass is 16.6. The molecule has 19 nitrogen and oxygen atoms in total. The first-order chi connectivity index (χ1) is 35.5. The van der Waals surface area contributed by atoms with E-state index in [-0.39, 0.29) is 39.9 Å². The molecule has 1 aliphatic heterocycles. The highest BCUT2D eigenvalue weighted by Crippen LogP contribution is 2.65. The van der Waals surface area contributed by atoms with Crippen LogP contribution in [0.2, 0.25) is 0 Å². The molecule has 3 aliphatic carbocycles. The number of aliphatic hydroxyl groups is 2. The van der Waals surface area contributed by atoms with Crippen molar-refractivity contribution in [3.05, 3.63) is 149 Å². The van der Waals surface area contributed by atoms with Crippen molar-refractivity contribution < 1.29 is 82.1 Å². The van der Waals surface area contributed by atoms with Crippen LogP contribution in [0.3, 0.4) is 0 Å². The number of amides is 2. The topological polar surface area (TPSA) is 268 Å². The van der Waals surface area contributed by atoms with Crippen molar-refractivity contribution >= 4 is 53.3 Å². The van der Waals surface area contributed by atoms with Gasteiger partial charge in [-0.1, -0.05) is 92.7 Å². The van der Waals surface area contributed by atoms with Crippen LogP contribution in [-0.2, 0) is 47.6 Å². The Kier molecular flexibility index (Phi) is 14.7. The molecule has 4 aromatic rings. The lowest BCUT2D eigenvalue weighted by Gasteiger charge is -2.67. The molecule has 2 saturated carbocycles. The van der Waals surface area contributed by atoms with Gasteiger partial charge in [-0.05, 0) is 67.0 Å². The fraction of sp³-hybridized carbons (Fsp3) is 0.393. The van der Waals surface area contributed by atoms with E-state index in [1.165, 1.54) is 71.1 Å². The number of nitrogens with one attached hydrogen (secondary N) is 1. The molecule has 4 N–H and O–H groups in total. The number of carboxylic acids is 1. The Morgan fingerprint density at radius 3 is 1.93 bits per heavy atom. The van der Waals surface area contributed by atoms with Gasteiger partial charge in [0.15, 0.2) is 23.6 Å². The Bertz CT molecular complexity index is 2950. The van der Waals surface area contributed by atoms with Gasteiger partial charge in [0.2, 0.25) is 0 Å². The smallest absolute Gasteiger partial charge is 0.414 e. The minimum Gasteiger partial charge on any atom is -0.478 e. The second-order valence-corrected chi connectivity index (χ2v) is 20.1. The third kappa shape index (κ3) is 9.44. The SMILES string of the molecule is CC(=O)O[C@H]1C(=O)[C@]2(C)[C@@H](OC(=O)N(C)c3ccccc3C(=O)O)C[C@H]3OC[C@@]3(OC(C)=O)[C@H]2[C@H](OC(=O)c2ccccc2)[C@]2(O)C[C@H](OC(=O)[C@@H](O)[C@H](NC(=O)c3ccccc3)c3ccccc3)C(C)=C1C2(C)C. The van der Waals surface area contributed by atoms with Crippen LogP contribution in [-0.4, -0.2) is 124 Å². The standard InChI is InChI=1S/C56H58N2O17/c1-30-38(72-51(67)43(61)42(33-19-11-8-12-20-33)57-48(63)34-21-13-9-14-22-34)28-56(69)47(74-50(66)35-23-15-10-16-24-35)45-54(6,46(62)44(71-31(2)59)41(30)53(56,4)5)39(27-40-55(45,29-70-40)75-32(3)60)73-52(68)58(7)37-26-18-17-25-36(37)49(64)65/h8-26,38-40,42-45,47,61,69H,27-29H2,1-7H3,(H,57,63)(H,64,65)/t38-,39-,40+,42+,43-,44+,45-,47-,54+,55-,56+/m0/s1. The number of nitrogens with zero attached hydrogens (tertiary/aromatic N) is 1. The average Bonchev–Trinajstić information content (AvgIpc) is 3.42. The first-order valence-electron chi connectivity index (χ1n) is 24.3. The summed E-state index contributed by atoms with van der Waals surface area (Å²) in [6, 6.07) is 28.1. The largest absolute Gasteiger partial charge is 0.478 e. The first kappa shape index (κ1) is 53.5. The van der Waals surface area contributed by atoms with Crippen molar-refractivity contribution in [2.24, 2.45) is 16.7 Å². The zero-order chi connectivity index (χ0) is 54.4.